The number of anilines is 1. The van der Waals surface area contributed by atoms with Gasteiger partial charge in [0.2, 0.25) is 5.82 Å². The second-order valence-electron chi connectivity index (χ2n) is 9.23. The summed E-state index contributed by atoms with van der Waals surface area (Å²) in [7, 11) is 0. The van der Waals surface area contributed by atoms with E-state index in [0.717, 1.165) is 5.56 Å². The summed E-state index contributed by atoms with van der Waals surface area (Å²) in [5, 5.41) is 8.16. The topological polar surface area (TPSA) is 51.0 Å². The van der Waals surface area contributed by atoms with Crippen LogP contribution in [-0.4, -0.2) is 10.1 Å². The normalized spacial score (nSPS) is 17.4. The van der Waals surface area contributed by atoms with E-state index in [1.807, 2.05) is 0 Å². The van der Waals surface area contributed by atoms with Crippen molar-refractivity contribution in [1.29, 1.82) is 0 Å². The van der Waals surface area contributed by atoms with Crippen molar-refractivity contribution in [3.63, 3.8) is 0 Å². The fourth-order valence-corrected chi connectivity index (χ4v) is 4.92. The molecule has 0 saturated carbocycles. The highest BCUT2D eigenvalue weighted by atomic mass is 16.5. The Morgan fingerprint density at radius 3 is 2.28 bits per heavy atom. The molecule has 5 rings (SSSR count). The molecule has 4 aromatic rings. The van der Waals surface area contributed by atoms with E-state index in [2.05, 4.69) is 106 Å². The minimum atomic E-state index is -0.207. The molecule has 4 nitrogen and oxygen atoms in total. The van der Waals surface area contributed by atoms with Crippen LogP contribution in [0.3, 0.4) is 0 Å². The van der Waals surface area contributed by atoms with Gasteiger partial charge in [-0.3, -0.25) is 0 Å². The summed E-state index contributed by atoms with van der Waals surface area (Å²) < 4.78 is 5.88. The van der Waals surface area contributed by atoms with Gasteiger partial charge in [-0.25, -0.2) is 0 Å². The molecule has 1 aliphatic heterocycles. The monoisotopic (exact) mass is 423 g/mol. The SMILES string of the molecule is Cc1cc(C)cc(-c2noc(C3Nc4c(C(C)C)cccc4C(C)c4ccccc43)n2)c1. The lowest BCUT2D eigenvalue weighted by Gasteiger charge is -2.21. The smallest absolute Gasteiger partial charge is 0.254 e. The van der Waals surface area contributed by atoms with Gasteiger partial charge in [-0.15, -0.1) is 0 Å². The maximum atomic E-state index is 5.88. The van der Waals surface area contributed by atoms with Crippen LogP contribution in [0.5, 0.6) is 0 Å². The number of benzene rings is 3. The highest BCUT2D eigenvalue weighted by molar-refractivity contribution is 5.66. The summed E-state index contributed by atoms with van der Waals surface area (Å²) in [4.78, 5) is 4.86. The van der Waals surface area contributed by atoms with Crippen LogP contribution in [0.2, 0.25) is 0 Å². The fourth-order valence-electron chi connectivity index (χ4n) is 4.92. The van der Waals surface area contributed by atoms with E-state index in [0.29, 0.717) is 17.6 Å². The number of nitrogens with one attached hydrogen (secondary N) is 1. The number of nitrogens with zero attached hydrogens (tertiary/aromatic N) is 2. The van der Waals surface area contributed by atoms with Gasteiger partial charge in [0.1, 0.15) is 6.04 Å². The summed E-state index contributed by atoms with van der Waals surface area (Å²) in [5.41, 5.74) is 9.62. The second-order valence-corrected chi connectivity index (χ2v) is 9.23. The summed E-state index contributed by atoms with van der Waals surface area (Å²) in [6.45, 7) is 10.9. The minimum Gasteiger partial charge on any atom is -0.370 e. The van der Waals surface area contributed by atoms with Crippen molar-refractivity contribution in [3.05, 3.63) is 99.9 Å². The molecule has 0 bridgehead atoms. The molecule has 0 spiro atoms. The molecule has 1 N–H and O–H groups in total. The van der Waals surface area contributed by atoms with Gasteiger partial charge in [0, 0.05) is 17.2 Å². The zero-order valence-electron chi connectivity index (χ0n) is 19.3. The van der Waals surface area contributed by atoms with Gasteiger partial charge in [0.25, 0.3) is 5.89 Å². The molecule has 2 atom stereocenters. The third kappa shape index (κ3) is 3.50. The Balaban J connectivity index is 1.66. The van der Waals surface area contributed by atoms with Gasteiger partial charge in [0.15, 0.2) is 0 Å². The summed E-state index contributed by atoms with van der Waals surface area (Å²) in [5.74, 6) is 1.88. The predicted molar refractivity (Wildman–Crippen MR) is 129 cm³/mol. The summed E-state index contributed by atoms with van der Waals surface area (Å²) in [6, 6.07) is 21.3. The largest absolute Gasteiger partial charge is 0.370 e. The van der Waals surface area contributed by atoms with E-state index in [-0.39, 0.29) is 12.0 Å². The average Bonchev–Trinajstić information content (AvgIpc) is 3.22. The Morgan fingerprint density at radius 2 is 1.56 bits per heavy atom. The van der Waals surface area contributed by atoms with Crippen LogP contribution in [-0.2, 0) is 0 Å². The number of aromatic nitrogens is 2. The molecule has 0 aliphatic carbocycles. The van der Waals surface area contributed by atoms with E-state index in [9.17, 15) is 0 Å². The lowest BCUT2D eigenvalue weighted by molar-refractivity contribution is 0.372. The Labute approximate surface area is 189 Å². The highest BCUT2D eigenvalue weighted by Gasteiger charge is 2.31. The molecular weight excluding hydrogens is 394 g/mol. The van der Waals surface area contributed by atoms with Crippen molar-refractivity contribution in [2.24, 2.45) is 0 Å². The van der Waals surface area contributed by atoms with Gasteiger partial charge < -0.3 is 9.84 Å². The van der Waals surface area contributed by atoms with Gasteiger partial charge in [-0.2, -0.15) is 4.98 Å². The van der Waals surface area contributed by atoms with Crippen LogP contribution in [0, 0.1) is 13.8 Å². The van der Waals surface area contributed by atoms with Crippen LogP contribution in [0.15, 0.2) is 65.2 Å². The van der Waals surface area contributed by atoms with Crippen LogP contribution >= 0.6 is 0 Å². The predicted octanol–water partition coefficient (Wildman–Crippen LogP) is 7.14. The molecular formula is C28H29N3O. The van der Waals surface area contributed by atoms with Crippen LogP contribution < -0.4 is 5.32 Å². The molecule has 162 valence electrons. The first-order valence-electron chi connectivity index (χ1n) is 11.3. The third-order valence-corrected chi connectivity index (χ3v) is 6.45. The molecule has 0 radical (unpaired) electrons. The molecule has 2 unspecified atom stereocenters. The maximum absolute atomic E-state index is 5.88. The highest BCUT2D eigenvalue weighted by Crippen LogP contribution is 2.44. The molecule has 0 saturated heterocycles. The van der Waals surface area contributed by atoms with Crippen molar-refractivity contribution < 1.29 is 4.52 Å². The zero-order chi connectivity index (χ0) is 22.4. The van der Waals surface area contributed by atoms with Crippen molar-refractivity contribution in [1.82, 2.24) is 10.1 Å². The number of para-hydroxylation sites is 1. The molecule has 3 aromatic carbocycles. The number of hydrogen-bond acceptors (Lipinski definition) is 4. The van der Waals surface area contributed by atoms with Crippen molar-refractivity contribution in [3.8, 4) is 11.4 Å². The van der Waals surface area contributed by atoms with Gasteiger partial charge in [-0.1, -0.05) is 85.6 Å². The quantitative estimate of drug-likeness (QED) is 0.380. The van der Waals surface area contributed by atoms with E-state index in [1.54, 1.807) is 0 Å². The lowest BCUT2D eigenvalue weighted by Crippen LogP contribution is -2.14. The second kappa shape index (κ2) is 7.94. The first-order valence-corrected chi connectivity index (χ1v) is 11.3. The van der Waals surface area contributed by atoms with E-state index in [4.69, 9.17) is 9.51 Å². The van der Waals surface area contributed by atoms with Crippen LogP contribution in [0.4, 0.5) is 5.69 Å². The Hall–Kier alpha value is -3.40. The number of fused-ring (bicyclic) bond motifs is 2. The first-order chi connectivity index (χ1) is 15.4. The number of hydrogen-bond donors (Lipinski definition) is 1. The van der Waals surface area contributed by atoms with Crippen molar-refractivity contribution >= 4 is 5.69 Å². The van der Waals surface area contributed by atoms with Crippen molar-refractivity contribution in [2.75, 3.05) is 5.32 Å². The minimum absolute atomic E-state index is 0.207. The van der Waals surface area contributed by atoms with Crippen LogP contribution in [0.25, 0.3) is 11.4 Å². The number of aryl methyl sites for hydroxylation is 2. The van der Waals surface area contributed by atoms with E-state index in [1.165, 1.54) is 39.1 Å². The van der Waals surface area contributed by atoms with Crippen LogP contribution in [0.1, 0.15) is 77.9 Å². The molecule has 1 aromatic heterocycles. The number of rotatable bonds is 3. The molecule has 1 aliphatic rings. The van der Waals surface area contributed by atoms with E-state index < -0.39 is 0 Å². The summed E-state index contributed by atoms with van der Waals surface area (Å²) in [6.07, 6.45) is 0. The standard InChI is InChI=1S/C28H29N3O/c1-16(2)21-11-8-12-23-19(5)22-9-6-7-10-24(22)26(29-25(21)23)28-30-27(31-32-28)20-14-17(3)13-18(4)15-20/h6-16,19,26,29H,1-5H3. The molecule has 0 amide bonds. The Morgan fingerprint density at radius 1 is 0.875 bits per heavy atom. The van der Waals surface area contributed by atoms with E-state index >= 15 is 0 Å². The molecule has 32 heavy (non-hydrogen) atoms. The van der Waals surface area contributed by atoms with Gasteiger partial charge in [0.05, 0.1) is 0 Å². The maximum Gasteiger partial charge on any atom is 0.254 e. The molecule has 0 fully saturated rings. The van der Waals surface area contributed by atoms with Gasteiger partial charge >= 0.3 is 0 Å². The zero-order valence-corrected chi connectivity index (χ0v) is 19.3. The van der Waals surface area contributed by atoms with Gasteiger partial charge in [-0.05, 0) is 54.2 Å². The molecule has 2 heterocycles. The van der Waals surface area contributed by atoms with Crippen molar-refractivity contribution in [2.45, 2.75) is 52.5 Å². The fraction of sp³-hybridized carbons (Fsp3) is 0.286. The Kier molecular flexibility index (Phi) is 5.09. The average molecular weight is 424 g/mol. The third-order valence-electron chi connectivity index (χ3n) is 6.45. The first kappa shape index (κ1) is 20.5. The molecule has 4 heteroatoms. The lowest BCUT2D eigenvalue weighted by atomic mass is 9.87. The summed E-state index contributed by atoms with van der Waals surface area (Å²) >= 11 is 0. The Bertz CT molecular complexity index is 1270.